The second kappa shape index (κ2) is 4.69. The van der Waals surface area contributed by atoms with E-state index in [4.69, 9.17) is 5.11 Å². The van der Waals surface area contributed by atoms with Crippen LogP contribution in [0, 0.1) is 0 Å². The predicted octanol–water partition coefficient (Wildman–Crippen LogP) is 2.00. The zero-order valence-electron chi connectivity index (χ0n) is 9.42. The molecule has 0 aliphatic carbocycles. The molecule has 17 heavy (non-hydrogen) atoms. The minimum Gasteiger partial charge on any atom is -0.476 e. The van der Waals surface area contributed by atoms with Gasteiger partial charge in [0.05, 0.1) is 5.69 Å². The van der Waals surface area contributed by atoms with Gasteiger partial charge in [-0.2, -0.15) is 5.10 Å². The van der Waals surface area contributed by atoms with E-state index in [1.165, 1.54) is 6.07 Å². The van der Waals surface area contributed by atoms with Gasteiger partial charge in [0.2, 0.25) is 0 Å². The fraction of sp³-hybridized carbons (Fsp3) is 0.167. The number of anilines is 1. The number of carboxylic acid groups (broad SMARTS) is 1. The van der Waals surface area contributed by atoms with Crippen LogP contribution < -0.4 is 5.32 Å². The fourth-order valence-corrected chi connectivity index (χ4v) is 1.56. The molecule has 1 aromatic heterocycles. The van der Waals surface area contributed by atoms with Crippen molar-refractivity contribution in [3.05, 3.63) is 42.1 Å². The normalized spacial score (nSPS) is 10.2. The van der Waals surface area contributed by atoms with Gasteiger partial charge in [-0.3, -0.25) is 0 Å². The molecule has 0 atom stereocenters. The van der Waals surface area contributed by atoms with Crippen molar-refractivity contribution < 1.29 is 9.90 Å². The van der Waals surface area contributed by atoms with E-state index in [0.29, 0.717) is 12.4 Å². The van der Waals surface area contributed by atoms with Crippen LogP contribution in [0.25, 0.3) is 5.69 Å². The van der Waals surface area contributed by atoms with Gasteiger partial charge in [-0.05, 0) is 19.1 Å². The molecule has 0 saturated heterocycles. The maximum Gasteiger partial charge on any atom is 0.356 e. The monoisotopic (exact) mass is 231 g/mol. The van der Waals surface area contributed by atoms with E-state index in [-0.39, 0.29) is 5.69 Å². The Morgan fingerprint density at radius 1 is 1.41 bits per heavy atom. The Bertz CT molecular complexity index is 520. The summed E-state index contributed by atoms with van der Waals surface area (Å²) in [5, 5.41) is 16.1. The Labute approximate surface area is 98.7 Å². The molecule has 0 unspecified atom stereocenters. The highest BCUT2D eigenvalue weighted by Crippen LogP contribution is 2.16. The molecule has 0 spiro atoms. The lowest BCUT2D eigenvalue weighted by molar-refractivity contribution is 0.0690. The second-order valence-electron chi connectivity index (χ2n) is 3.50. The standard InChI is InChI=1S/C12H13N3O2/c1-2-13-11-8-10(12(16)17)14-15(11)9-6-4-3-5-7-9/h3-8,13H,2H2,1H3,(H,16,17). The molecule has 5 heteroatoms. The Hall–Kier alpha value is -2.30. The largest absolute Gasteiger partial charge is 0.476 e. The van der Waals surface area contributed by atoms with Crippen LogP contribution in [0.3, 0.4) is 0 Å². The number of rotatable bonds is 4. The van der Waals surface area contributed by atoms with Crippen LogP contribution in [0.5, 0.6) is 0 Å². The quantitative estimate of drug-likeness (QED) is 0.844. The topological polar surface area (TPSA) is 67.2 Å². The van der Waals surface area contributed by atoms with Gasteiger partial charge in [0.15, 0.2) is 5.69 Å². The third-order valence-corrected chi connectivity index (χ3v) is 2.29. The summed E-state index contributed by atoms with van der Waals surface area (Å²) in [5.74, 6) is -0.352. The number of para-hydroxylation sites is 1. The molecule has 0 fully saturated rings. The first-order valence-corrected chi connectivity index (χ1v) is 5.35. The Balaban J connectivity index is 2.48. The molecule has 0 amide bonds. The minimum absolute atomic E-state index is 0.0322. The molecule has 0 saturated carbocycles. The molecular weight excluding hydrogens is 218 g/mol. The third-order valence-electron chi connectivity index (χ3n) is 2.29. The summed E-state index contributed by atoms with van der Waals surface area (Å²) >= 11 is 0. The molecule has 2 rings (SSSR count). The smallest absolute Gasteiger partial charge is 0.356 e. The first-order valence-electron chi connectivity index (χ1n) is 5.35. The summed E-state index contributed by atoms with van der Waals surface area (Å²) in [6, 6.07) is 10.9. The molecule has 0 aliphatic heterocycles. The number of nitrogens with zero attached hydrogens (tertiary/aromatic N) is 2. The summed E-state index contributed by atoms with van der Waals surface area (Å²) in [6.07, 6.45) is 0. The van der Waals surface area contributed by atoms with Crippen LogP contribution in [0.15, 0.2) is 36.4 Å². The van der Waals surface area contributed by atoms with Crippen LogP contribution in [-0.2, 0) is 0 Å². The van der Waals surface area contributed by atoms with Crippen molar-refractivity contribution in [2.24, 2.45) is 0 Å². The first-order chi connectivity index (χ1) is 8.22. The maximum atomic E-state index is 10.9. The van der Waals surface area contributed by atoms with Crippen molar-refractivity contribution in [2.75, 3.05) is 11.9 Å². The lowest BCUT2D eigenvalue weighted by atomic mass is 10.3. The average molecular weight is 231 g/mol. The van der Waals surface area contributed by atoms with E-state index in [2.05, 4.69) is 10.4 Å². The number of nitrogens with one attached hydrogen (secondary N) is 1. The van der Waals surface area contributed by atoms with Crippen molar-refractivity contribution in [3.63, 3.8) is 0 Å². The molecule has 5 nitrogen and oxygen atoms in total. The molecule has 2 aromatic rings. The van der Waals surface area contributed by atoms with Crippen LogP contribution in [0.1, 0.15) is 17.4 Å². The van der Waals surface area contributed by atoms with E-state index in [1.54, 1.807) is 4.68 Å². The van der Waals surface area contributed by atoms with E-state index in [0.717, 1.165) is 5.69 Å². The van der Waals surface area contributed by atoms with Gasteiger partial charge >= 0.3 is 5.97 Å². The van der Waals surface area contributed by atoms with E-state index >= 15 is 0 Å². The molecule has 0 aliphatic rings. The molecule has 0 bridgehead atoms. The highest BCUT2D eigenvalue weighted by Gasteiger charge is 2.13. The molecular formula is C12H13N3O2. The number of aromatic carboxylic acids is 1. The average Bonchev–Trinajstić information content (AvgIpc) is 2.75. The second-order valence-corrected chi connectivity index (χ2v) is 3.50. The SMILES string of the molecule is CCNc1cc(C(=O)O)nn1-c1ccccc1. The van der Waals surface area contributed by atoms with Crippen molar-refractivity contribution in [1.82, 2.24) is 9.78 Å². The molecule has 88 valence electrons. The van der Waals surface area contributed by atoms with Gasteiger partial charge in [-0.1, -0.05) is 18.2 Å². The summed E-state index contributed by atoms with van der Waals surface area (Å²) in [6.45, 7) is 2.65. The van der Waals surface area contributed by atoms with Crippen LogP contribution >= 0.6 is 0 Å². The van der Waals surface area contributed by atoms with E-state index in [1.807, 2.05) is 37.3 Å². The van der Waals surface area contributed by atoms with Crippen molar-refractivity contribution >= 4 is 11.8 Å². The fourth-order valence-electron chi connectivity index (χ4n) is 1.56. The first kappa shape index (κ1) is 11.2. The third kappa shape index (κ3) is 2.28. The van der Waals surface area contributed by atoms with Gasteiger partial charge in [-0.15, -0.1) is 0 Å². The lowest BCUT2D eigenvalue weighted by Gasteiger charge is -2.07. The van der Waals surface area contributed by atoms with Gasteiger partial charge in [0.25, 0.3) is 0 Å². The predicted molar refractivity (Wildman–Crippen MR) is 64.7 cm³/mol. The van der Waals surface area contributed by atoms with Crippen molar-refractivity contribution in [3.8, 4) is 5.69 Å². The lowest BCUT2D eigenvalue weighted by Crippen LogP contribution is -2.05. The maximum absolute atomic E-state index is 10.9. The number of aromatic nitrogens is 2. The number of carbonyl (C=O) groups is 1. The zero-order valence-corrected chi connectivity index (χ0v) is 9.42. The number of carboxylic acids is 1. The molecule has 1 aromatic carbocycles. The van der Waals surface area contributed by atoms with Gasteiger partial charge in [0, 0.05) is 12.6 Å². The number of hydrogen-bond acceptors (Lipinski definition) is 3. The van der Waals surface area contributed by atoms with Gasteiger partial charge < -0.3 is 10.4 Å². The summed E-state index contributed by atoms with van der Waals surface area (Å²) < 4.78 is 1.59. The van der Waals surface area contributed by atoms with Crippen LogP contribution in [0.2, 0.25) is 0 Å². The zero-order chi connectivity index (χ0) is 12.3. The van der Waals surface area contributed by atoms with Gasteiger partial charge in [0.1, 0.15) is 5.82 Å². The Morgan fingerprint density at radius 2 is 2.12 bits per heavy atom. The minimum atomic E-state index is -1.03. The Kier molecular flexibility index (Phi) is 3.09. The van der Waals surface area contributed by atoms with Crippen molar-refractivity contribution in [1.29, 1.82) is 0 Å². The molecule has 0 radical (unpaired) electrons. The van der Waals surface area contributed by atoms with Crippen molar-refractivity contribution in [2.45, 2.75) is 6.92 Å². The summed E-state index contributed by atoms with van der Waals surface area (Å²) in [7, 11) is 0. The number of benzene rings is 1. The van der Waals surface area contributed by atoms with Gasteiger partial charge in [-0.25, -0.2) is 9.48 Å². The van der Waals surface area contributed by atoms with Crippen LogP contribution in [0.4, 0.5) is 5.82 Å². The molecule has 2 N–H and O–H groups in total. The summed E-state index contributed by atoms with van der Waals surface area (Å²) in [5.41, 5.74) is 0.862. The van der Waals surface area contributed by atoms with Crippen LogP contribution in [-0.4, -0.2) is 27.4 Å². The highest BCUT2D eigenvalue weighted by atomic mass is 16.4. The molecule has 1 heterocycles. The van der Waals surface area contributed by atoms with E-state index in [9.17, 15) is 4.79 Å². The number of hydrogen-bond donors (Lipinski definition) is 2. The van der Waals surface area contributed by atoms with E-state index < -0.39 is 5.97 Å². The summed E-state index contributed by atoms with van der Waals surface area (Å²) in [4.78, 5) is 10.9. The highest BCUT2D eigenvalue weighted by molar-refractivity contribution is 5.86. The Morgan fingerprint density at radius 3 is 2.71 bits per heavy atom.